The van der Waals surface area contributed by atoms with Gasteiger partial charge in [0.15, 0.2) is 0 Å². The third-order valence-electron chi connectivity index (χ3n) is 2.91. The summed E-state index contributed by atoms with van der Waals surface area (Å²) in [6.07, 6.45) is -0.103. The Hall–Kier alpha value is -2.33. The summed E-state index contributed by atoms with van der Waals surface area (Å²) < 4.78 is 5.75. The Bertz CT molecular complexity index is 610. The molecule has 1 unspecified atom stereocenters. The summed E-state index contributed by atoms with van der Waals surface area (Å²) in [5.74, 6) is 0.477. The number of carbonyl (C=O) groups is 1. The number of nitrogens with two attached hydrogens (primary N) is 1. The molecular weight excluding hydrogens is 254 g/mol. The Morgan fingerprint density at radius 1 is 1.20 bits per heavy atom. The molecule has 1 atom stereocenters. The van der Waals surface area contributed by atoms with E-state index in [9.17, 15) is 4.79 Å². The van der Waals surface area contributed by atoms with Gasteiger partial charge in [-0.15, -0.1) is 0 Å². The van der Waals surface area contributed by atoms with Gasteiger partial charge in [-0.3, -0.25) is 4.79 Å². The van der Waals surface area contributed by atoms with E-state index in [1.807, 2.05) is 43.3 Å². The topological polar surface area (TPSA) is 72.5 Å². The van der Waals surface area contributed by atoms with Gasteiger partial charge in [-0.05, 0) is 42.3 Å². The third-order valence-corrected chi connectivity index (χ3v) is 2.91. The molecule has 0 heterocycles. The first kappa shape index (κ1) is 14.1. The maximum atomic E-state index is 10.7. The van der Waals surface area contributed by atoms with E-state index in [2.05, 4.69) is 0 Å². The van der Waals surface area contributed by atoms with Gasteiger partial charge in [0.25, 0.3) is 0 Å². The molecule has 0 radical (unpaired) electrons. The van der Waals surface area contributed by atoms with Crippen molar-refractivity contribution in [2.45, 2.75) is 19.4 Å². The number of aliphatic carboxylic acids is 1. The van der Waals surface area contributed by atoms with Crippen molar-refractivity contribution in [2.24, 2.45) is 5.73 Å². The smallest absolute Gasteiger partial charge is 0.305 e. The number of ether oxygens (including phenoxy) is 1. The molecule has 2 aromatic carbocycles. The molecule has 2 rings (SSSR count). The van der Waals surface area contributed by atoms with Crippen LogP contribution in [0.25, 0.3) is 0 Å². The van der Waals surface area contributed by atoms with Crippen LogP contribution in [0.2, 0.25) is 0 Å². The zero-order chi connectivity index (χ0) is 14.5. The van der Waals surface area contributed by atoms with Gasteiger partial charge in [0, 0.05) is 6.04 Å². The normalized spacial score (nSPS) is 11.9. The van der Waals surface area contributed by atoms with E-state index in [0.717, 1.165) is 16.9 Å². The predicted molar refractivity (Wildman–Crippen MR) is 76.9 cm³/mol. The molecule has 20 heavy (non-hydrogen) atoms. The SMILES string of the molecule is Cc1cccc(Oc2cccc(C(N)CC(=O)O)c2)c1. The van der Waals surface area contributed by atoms with Gasteiger partial charge in [-0.2, -0.15) is 0 Å². The van der Waals surface area contributed by atoms with Gasteiger partial charge in [0.05, 0.1) is 6.42 Å². The Morgan fingerprint density at radius 3 is 2.50 bits per heavy atom. The molecule has 4 heteroatoms. The van der Waals surface area contributed by atoms with Crippen LogP contribution in [0.5, 0.6) is 11.5 Å². The monoisotopic (exact) mass is 271 g/mol. The molecule has 0 saturated carbocycles. The molecule has 0 aliphatic carbocycles. The van der Waals surface area contributed by atoms with Gasteiger partial charge in [0.1, 0.15) is 11.5 Å². The summed E-state index contributed by atoms with van der Waals surface area (Å²) in [5, 5.41) is 8.77. The largest absolute Gasteiger partial charge is 0.481 e. The fourth-order valence-corrected chi connectivity index (χ4v) is 1.93. The number of benzene rings is 2. The highest BCUT2D eigenvalue weighted by Crippen LogP contribution is 2.25. The molecule has 0 bridgehead atoms. The van der Waals surface area contributed by atoms with E-state index in [0.29, 0.717) is 5.75 Å². The second-order valence-corrected chi connectivity index (χ2v) is 4.70. The van der Waals surface area contributed by atoms with Crippen LogP contribution in [0.15, 0.2) is 48.5 Å². The minimum Gasteiger partial charge on any atom is -0.481 e. The Balaban J connectivity index is 2.15. The molecule has 0 aliphatic rings. The standard InChI is InChI=1S/C16H17NO3/c1-11-4-2-6-13(8-11)20-14-7-3-5-12(9-14)15(17)10-16(18)19/h2-9,15H,10,17H2,1H3,(H,18,19). The summed E-state index contributed by atoms with van der Waals surface area (Å²) >= 11 is 0. The van der Waals surface area contributed by atoms with Gasteiger partial charge in [0.2, 0.25) is 0 Å². The van der Waals surface area contributed by atoms with Crippen molar-refractivity contribution in [3.63, 3.8) is 0 Å². The number of aryl methyl sites for hydroxylation is 1. The average molecular weight is 271 g/mol. The lowest BCUT2D eigenvalue weighted by Crippen LogP contribution is -2.14. The molecular formula is C16H17NO3. The molecule has 0 aliphatic heterocycles. The fourth-order valence-electron chi connectivity index (χ4n) is 1.93. The second-order valence-electron chi connectivity index (χ2n) is 4.70. The van der Waals surface area contributed by atoms with Crippen molar-refractivity contribution in [1.29, 1.82) is 0 Å². The van der Waals surface area contributed by atoms with E-state index >= 15 is 0 Å². The highest BCUT2D eigenvalue weighted by atomic mass is 16.5. The number of hydrogen-bond acceptors (Lipinski definition) is 3. The lowest BCUT2D eigenvalue weighted by molar-refractivity contribution is -0.137. The molecule has 0 fully saturated rings. The highest BCUT2D eigenvalue weighted by Gasteiger charge is 2.11. The van der Waals surface area contributed by atoms with Crippen LogP contribution in [0.4, 0.5) is 0 Å². The summed E-state index contributed by atoms with van der Waals surface area (Å²) in [5.41, 5.74) is 7.71. The highest BCUT2D eigenvalue weighted by molar-refractivity contribution is 5.67. The van der Waals surface area contributed by atoms with E-state index in [1.54, 1.807) is 12.1 Å². The summed E-state index contributed by atoms with van der Waals surface area (Å²) in [6, 6.07) is 14.4. The molecule has 2 aromatic rings. The average Bonchev–Trinajstić information content (AvgIpc) is 2.38. The molecule has 0 saturated heterocycles. The van der Waals surface area contributed by atoms with Gasteiger partial charge in [-0.1, -0.05) is 24.3 Å². The van der Waals surface area contributed by atoms with Crippen molar-refractivity contribution >= 4 is 5.97 Å². The third kappa shape index (κ3) is 3.83. The minimum absolute atomic E-state index is 0.103. The van der Waals surface area contributed by atoms with E-state index < -0.39 is 12.0 Å². The van der Waals surface area contributed by atoms with Crippen molar-refractivity contribution in [3.05, 3.63) is 59.7 Å². The summed E-state index contributed by atoms with van der Waals surface area (Å²) in [7, 11) is 0. The van der Waals surface area contributed by atoms with Crippen LogP contribution in [0, 0.1) is 6.92 Å². The van der Waals surface area contributed by atoms with Crippen molar-refractivity contribution in [3.8, 4) is 11.5 Å². The zero-order valence-corrected chi connectivity index (χ0v) is 11.2. The van der Waals surface area contributed by atoms with Crippen LogP contribution >= 0.6 is 0 Å². The van der Waals surface area contributed by atoms with E-state index in [-0.39, 0.29) is 6.42 Å². The number of carboxylic acids is 1. The van der Waals surface area contributed by atoms with Crippen molar-refractivity contribution < 1.29 is 14.6 Å². The van der Waals surface area contributed by atoms with Gasteiger partial charge in [-0.25, -0.2) is 0 Å². The number of carboxylic acid groups (broad SMARTS) is 1. The molecule has 0 spiro atoms. The molecule has 4 nitrogen and oxygen atoms in total. The molecule has 3 N–H and O–H groups in total. The molecule has 0 amide bonds. The first-order valence-electron chi connectivity index (χ1n) is 6.36. The second kappa shape index (κ2) is 6.21. The fraction of sp³-hybridized carbons (Fsp3) is 0.188. The van der Waals surface area contributed by atoms with Gasteiger partial charge >= 0.3 is 5.97 Å². The Labute approximate surface area is 117 Å². The Morgan fingerprint density at radius 2 is 1.85 bits per heavy atom. The van der Waals surface area contributed by atoms with E-state index in [4.69, 9.17) is 15.6 Å². The number of hydrogen-bond donors (Lipinski definition) is 2. The van der Waals surface area contributed by atoms with Gasteiger partial charge < -0.3 is 15.6 Å². The van der Waals surface area contributed by atoms with Crippen molar-refractivity contribution in [1.82, 2.24) is 0 Å². The number of rotatable bonds is 5. The maximum absolute atomic E-state index is 10.7. The molecule has 104 valence electrons. The first-order chi connectivity index (χ1) is 9.54. The van der Waals surface area contributed by atoms with Crippen LogP contribution in [0.1, 0.15) is 23.6 Å². The lowest BCUT2D eigenvalue weighted by Gasteiger charge is -2.12. The lowest BCUT2D eigenvalue weighted by atomic mass is 10.0. The van der Waals surface area contributed by atoms with Crippen molar-refractivity contribution in [2.75, 3.05) is 0 Å². The van der Waals surface area contributed by atoms with Crippen LogP contribution in [0.3, 0.4) is 0 Å². The van der Waals surface area contributed by atoms with Crippen LogP contribution < -0.4 is 10.5 Å². The molecule has 0 aromatic heterocycles. The van der Waals surface area contributed by atoms with Crippen LogP contribution in [-0.2, 0) is 4.79 Å². The first-order valence-corrected chi connectivity index (χ1v) is 6.36. The summed E-state index contributed by atoms with van der Waals surface area (Å²) in [6.45, 7) is 1.99. The summed E-state index contributed by atoms with van der Waals surface area (Å²) in [4.78, 5) is 10.7. The minimum atomic E-state index is -0.914. The van der Waals surface area contributed by atoms with Crippen LogP contribution in [-0.4, -0.2) is 11.1 Å². The Kier molecular flexibility index (Phi) is 4.38. The zero-order valence-electron chi connectivity index (χ0n) is 11.2. The maximum Gasteiger partial charge on any atom is 0.305 e. The quantitative estimate of drug-likeness (QED) is 0.875. The van der Waals surface area contributed by atoms with E-state index in [1.165, 1.54) is 0 Å². The predicted octanol–water partition coefficient (Wildman–Crippen LogP) is 3.26.